The summed E-state index contributed by atoms with van der Waals surface area (Å²) in [6.07, 6.45) is 12.5. The van der Waals surface area contributed by atoms with Gasteiger partial charge >= 0.3 is 6.01 Å². The van der Waals surface area contributed by atoms with Gasteiger partial charge in [0.25, 0.3) is 0 Å². The molecule has 0 spiro atoms. The number of benzene rings is 2. The van der Waals surface area contributed by atoms with E-state index in [2.05, 4.69) is 29.9 Å². The highest BCUT2D eigenvalue weighted by molar-refractivity contribution is 5.84. The van der Waals surface area contributed by atoms with Gasteiger partial charge in [0, 0.05) is 23.8 Å². The quantitative estimate of drug-likeness (QED) is 0.341. The molecule has 1 N–H and O–H groups in total. The fraction of sp³-hybridized carbons (Fsp3) is 0.385. The first-order valence-electron chi connectivity index (χ1n) is 11.1. The van der Waals surface area contributed by atoms with Crippen LogP contribution in [0.4, 0.5) is 4.39 Å². The number of aromatic nitrogens is 2. The van der Waals surface area contributed by atoms with Crippen LogP contribution in [0.2, 0.25) is 0 Å². The molecule has 1 atom stereocenters. The minimum absolute atomic E-state index is 0.267. The van der Waals surface area contributed by atoms with E-state index in [0.29, 0.717) is 17.2 Å². The summed E-state index contributed by atoms with van der Waals surface area (Å²) in [6.45, 7) is 5.18. The van der Waals surface area contributed by atoms with Crippen LogP contribution in [0, 0.1) is 5.82 Å². The van der Waals surface area contributed by atoms with Gasteiger partial charge in [-0.3, -0.25) is 0 Å². The van der Waals surface area contributed by atoms with Gasteiger partial charge in [0.2, 0.25) is 0 Å². The normalized spacial score (nSPS) is 12.6. The molecule has 0 aliphatic rings. The van der Waals surface area contributed by atoms with Gasteiger partial charge in [0.05, 0.1) is 11.6 Å². The number of fused-ring (bicyclic) bond motifs is 1. The van der Waals surface area contributed by atoms with E-state index in [0.717, 1.165) is 48.8 Å². The van der Waals surface area contributed by atoms with E-state index in [-0.39, 0.29) is 11.8 Å². The predicted octanol–water partition coefficient (Wildman–Crippen LogP) is 6.92. The van der Waals surface area contributed by atoms with Gasteiger partial charge in [-0.1, -0.05) is 50.1 Å². The van der Waals surface area contributed by atoms with Crippen LogP contribution in [-0.4, -0.2) is 27.8 Å². The van der Waals surface area contributed by atoms with Crippen molar-refractivity contribution in [3.8, 4) is 17.1 Å². The molecule has 0 amide bonds. The molecule has 0 aliphatic carbocycles. The van der Waals surface area contributed by atoms with E-state index in [1.165, 1.54) is 19.0 Å². The second-order valence-corrected chi connectivity index (χ2v) is 7.90. The fourth-order valence-corrected chi connectivity index (χ4v) is 3.52. The van der Waals surface area contributed by atoms with Crippen molar-refractivity contribution in [2.24, 2.45) is 0 Å². The van der Waals surface area contributed by atoms with Gasteiger partial charge in [0.1, 0.15) is 5.82 Å². The van der Waals surface area contributed by atoms with Crippen molar-refractivity contribution in [3.63, 3.8) is 0 Å². The van der Waals surface area contributed by atoms with E-state index < -0.39 is 0 Å². The Labute approximate surface area is 183 Å². The van der Waals surface area contributed by atoms with E-state index in [4.69, 9.17) is 4.74 Å². The molecule has 0 fully saturated rings. The number of unbranched alkanes of at least 4 members (excludes halogenated alkanes) is 3. The minimum Gasteiger partial charge on any atom is -0.479 e. The molecule has 0 saturated heterocycles. The van der Waals surface area contributed by atoms with Crippen LogP contribution in [0.3, 0.4) is 0 Å². The molecule has 0 aliphatic heterocycles. The maximum Gasteiger partial charge on any atom is 0.314 e. The lowest BCUT2D eigenvalue weighted by Crippen LogP contribution is -2.08. The molecule has 0 bridgehead atoms. The maximum absolute atomic E-state index is 14.7. The summed E-state index contributed by atoms with van der Waals surface area (Å²) in [6, 6.07) is 10.4. The van der Waals surface area contributed by atoms with Crippen LogP contribution in [-0.2, 0) is 4.74 Å². The molecule has 1 heterocycles. The molecule has 31 heavy (non-hydrogen) atoms. The Morgan fingerprint density at radius 2 is 2.00 bits per heavy atom. The van der Waals surface area contributed by atoms with Crippen molar-refractivity contribution in [2.45, 2.75) is 58.5 Å². The van der Waals surface area contributed by atoms with Crippen LogP contribution in [0.1, 0.15) is 57.9 Å². The zero-order chi connectivity index (χ0) is 22.1. The average molecular weight is 423 g/mol. The number of rotatable bonds is 11. The standard InChI is InChI=1S/C26H31FN2O2/c1-3-4-8-15-31-19(2)9-6-5-7-10-20-11-13-23(24(27)16-20)21-12-14-25-22(17-21)18-28-26(30)29-25/h7,10-14,16-19H,3-6,8-9,15H2,1-2H3,(H,28,29,30)/b10-7+. The van der Waals surface area contributed by atoms with Crippen molar-refractivity contribution in [3.05, 3.63) is 60.1 Å². The summed E-state index contributed by atoms with van der Waals surface area (Å²) in [7, 11) is 0. The Morgan fingerprint density at radius 1 is 1.13 bits per heavy atom. The number of hydrogen-bond donors (Lipinski definition) is 1. The Kier molecular flexibility index (Phi) is 8.53. The van der Waals surface area contributed by atoms with E-state index in [1.807, 2.05) is 18.2 Å². The maximum atomic E-state index is 14.7. The molecule has 4 nitrogen and oxygen atoms in total. The minimum atomic E-state index is -0.268. The third kappa shape index (κ3) is 6.86. The largest absolute Gasteiger partial charge is 0.479 e. The number of aromatic hydroxyl groups is 1. The summed E-state index contributed by atoms with van der Waals surface area (Å²) in [5.74, 6) is -0.268. The number of nitrogens with zero attached hydrogens (tertiary/aromatic N) is 2. The highest BCUT2D eigenvalue weighted by Crippen LogP contribution is 2.27. The Morgan fingerprint density at radius 3 is 2.81 bits per heavy atom. The number of hydrogen-bond acceptors (Lipinski definition) is 4. The molecular weight excluding hydrogens is 391 g/mol. The Hall–Kier alpha value is -2.79. The second kappa shape index (κ2) is 11.6. The van der Waals surface area contributed by atoms with Crippen LogP contribution >= 0.6 is 0 Å². The van der Waals surface area contributed by atoms with Crippen molar-refractivity contribution in [1.82, 2.24) is 9.97 Å². The molecule has 3 rings (SSSR count). The predicted molar refractivity (Wildman–Crippen MR) is 124 cm³/mol. The zero-order valence-corrected chi connectivity index (χ0v) is 18.4. The van der Waals surface area contributed by atoms with Crippen LogP contribution in [0.5, 0.6) is 6.01 Å². The molecule has 164 valence electrons. The first-order valence-corrected chi connectivity index (χ1v) is 11.1. The highest BCUT2D eigenvalue weighted by atomic mass is 19.1. The summed E-state index contributed by atoms with van der Waals surface area (Å²) in [4.78, 5) is 7.76. The van der Waals surface area contributed by atoms with Crippen molar-refractivity contribution < 1.29 is 14.2 Å². The summed E-state index contributed by atoms with van der Waals surface area (Å²) < 4.78 is 20.6. The van der Waals surface area contributed by atoms with Crippen LogP contribution in [0.25, 0.3) is 28.1 Å². The van der Waals surface area contributed by atoms with Gasteiger partial charge in [-0.2, -0.15) is 4.98 Å². The average Bonchev–Trinajstić information content (AvgIpc) is 2.76. The SMILES string of the molecule is CCCCCOC(C)CCC/C=C/c1ccc(-c2ccc3nc(O)ncc3c2)c(F)c1. The van der Waals surface area contributed by atoms with Crippen molar-refractivity contribution >= 4 is 17.0 Å². The third-order valence-electron chi connectivity index (χ3n) is 5.31. The number of allylic oxidation sites excluding steroid dienone is 1. The lowest BCUT2D eigenvalue weighted by Gasteiger charge is -2.12. The van der Waals surface area contributed by atoms with Gasteiger partial charge in [-0.05, 0) is 61.9 Å². The third-order valence-corrected chi connectivity index (χ3v) is 5.31. The van der Waals surface area contributed by atoms with Gasteiger partial charge in [0.15, 0.2) is 0 Å². The molecule has 1 aromatic heterocycles. The van der Waals surface area contributed by atoms with Gasteiger partial charge in [-0.15, -0.1) is 0 Å². The first-order chi connectivity index (χ1) is 15.1. The lowest BCUT2D eigenvalue weighted by atomic mass is 10.0. The van der Waals surface area contributed by atoms with Crippen LogP contribution < -0.4 is 0 Å². The summed E-state index contributed by atoms with van der Waals surface area (Å²) in [5, 5.41) is 10.1. The molecule has 0 radical (unpaired) electrons. The van der Waals surface area contributed by atoms with Crippen molar-refractivity contribution in [2.75, 3.05) is 6.61 Å². The second-order valence-electron chi connectivity index (χ2n) is 7.90. The summed E-state index contributed by atoms with van der Waals surface area (Å²) >= 11 is 0. The molecule has 2 aromatic carbocycles. The lowest BCUT2D eigenvalue weighted by molar-refractivity contribution is 0.0566. The Balaban J connectivity index is 1.53. The molecule has 5 heteroatoms. The van der Waals surface area contributed by atoms with Crippen LogP contribution in [0.15, 0.2) is 48.7 Å². The highest BCUT2D eigenvalue weighted by Gasteiger charge is 2.08. The van der Waals surface area contributed by atoms with Crippen molar-refractivity contribution in [1.29, 1.82) is 0 Å². The molecule has 3 aromatic rings. The Bertz CT molecular complexity index is 1020. The fourth-order valence-electron chi connectivity index (χ4n) is 3.52. The van der Waals surface area contributed by atoms with E-state index >= 15 is 0 Å². The van der Waals surface area contributed by atoms with Gasteiger partial charge < -0.3 is 9.84 Å². The molecular formula is C26H31FN2O2. The zero-order valence-electron chi connectivity index (χ0n) is 18.4. The van der Waals surface area contributed by atoms with E-state index in [9.17, 15) is 9.50 Å². The smallest absolute Gasteiger partial charge is 0.314 e. The topological polar surface area (TPSA) is 55.2 Å². The van der Waals surface area contributed by atoms with E-state index in [1.54, 1.807) is 24.3 Å². The monoisotopic (exact) mass is 422 g/mol. The summed E-state index contributed by atoms with van der Waals surface area (Å²) in [5.41, 5.74) is 2.75. The number of ether oxygens (including phenoxy) is 1. The molecule has 1 unspecified atom stereocenters. The van der Waals surface area contributed by atoms with Gasteiger partial charge in [-0.25, -0.2) is 9.37 Å². The number of halogens is 1. The first kappa shape index (κ1) is 22.9. The molecule has 0 saturated carbocycles.